The minimum Gasteiger partial charge on any atom is -0.398 e. The summed E-state index contributed by atoms with van der Waals surface area (Å²) >= 11 is 0. The van der Waals surface area contributed by atoms with Crippen LogP contribution < -0.4 is 22.1 Å². The minimum atomic E-state index is 0.755. The van der Waals surface area contributed by atoms with Gasteiger partial charge in [0.25, 0.3) is 0 Å². The van der Waals surface area contributed by atoms with Crippen LogP contribution in [0.5, 0.6) is 0 Å². The van der Waals surface area contributed by atoms with Crippen molar-refractivity contribution in [3.05, 3.63) is 118 Å². The second kappa shape index (κ2) is 16.3. The van der Waals surface area contributed by atoms with Gasteiger partial charge in [0.1, 0.15) is 0 Å². The van der Waals surface area contributed by atoms with Crippen LogP contribution in [0.15, 0.2) is 105 Å². The van der Waals surface area contributed by atoms with E-state index in [1.165, 1.54) is 67.4 Å². The molecular weight excluding hydrogens is 576 g/mol. The highest BCUT2D eigenvalue weighted by Crippen LogP contribution is 2.30. The number of hydrogen-bond donors (Lipinski definition) is 4. The second-order valence-corrected chi connectivity index (χ2v) is 13.1. The summed E-state index contributed by atoms with van der Waals surface area (Å²) in [6.45, 7) is 22.7. The van der Waals surface area contributed by atoms with Crippen LogP contribution in [0.25, 0.3) is 0 Å². The Hall–Kier alpha value is -4.58. The second-order valence-electron chi connectivity index (χ2n) is 13.1. The zero-order valence-electron chi connectivity index (χ0n) is 29.4. The molecule has 4 rings (SSSR count). The van der Waals surface area contributed by atoms with Crippen molar-refractivity contribution in [3.8, 4) is 0 Å². The highest BCUT2D eigenvalue weighted by molar-refractivity contribution is 6.13. The summed E-state index contributed by atoms with van der Waals surface area (Å²) in [7, 11) is 0. The molecule has 6 heteroatoms. The number of allylic oxidation sites excluding steroid dienone is 8. The monoisotopic (exact) mass is 630 g/mol. The van der Waals surface area contributed by atoms with Gasteiger partial charge < -0.3 is 22.1 Å². The summed E-state index contributed by atoms with van der Waals surface area (Å²) in [6.07, 6.45) is 16.5. The van der Waals surface area contributed by atoms with Crippen molar-refractivity contribution in [2.45, 2.75) is 86.5 Å². The number of aryl methyl sites for hydroxylation is 4. The van der Waals surface area contributed by atoms with Crippen LogP contribution in [0.1, 0.15) is 81.0 Å². The van der Waals surface area contributed by atoms with E-state index >= 15 is 0 Å². The number of anilines is 2. The van der Waals surface area contributed by atoms with Gasteiger partial charge >= 0.3 is 0 Å². The Morgan fingerprint density at radius 2 is 0.872 bits per heavy atom. The fourth-order valence-electron chi connectivity index (χ4n) is 5.78. The van der Waals surface area contributed by atoms with E-state index in [-0.39, 0.29) is 0 Å². The molecule has 0 aromatic heterocycles. The third-order valence-electron chi connectivity index (χ3n) is 8.99. The van der Waals surface area contributed by atoms with Crippen LogP contribution in [0.3, 0.4) is 0 Å². The van der Waals surface area contributed by atoms with Gasteiger partial charge in [0.05, 0.1) is 22.8 Å². The summed E-state index contributed by atoms with van der Waals surface area (Å²) in [5.74, 6) is 0. The van der Waals surface area contributed by atoms with E-state index in [9.17, 15) is 0 Å². The first-order valence-electron chi connectivity index (χ1n) is 17.0. The van der Waals surface area contributed by atoms with Gasteiger partial charge in [-0.3, -0.25) is 0 Å². The Labute approximate surface area is 282 Å². The van der Waals surface area contributed by atoms with Gasteiger partial charge in [0, 0.05) is 35.9 Å². The molecule has 0 bridgehead atoms. The lowest BCUT2D eigenvalue weighted by Gasteiger charge is -2.15. The average molecular weight is 631 g/mol. The first-order chi connectivity index (χ1) is 22.4. The fraction of sp³-hybridized carbons (Fsp3) is 0.366. The third-order valence-corrected chi connectivity index (χ3v) is 8.99. The van der Waals surface area contributed by atoms with E-state index in [1.807, 2.05) is 38.2 Å². The molecule has 0 saturated heterocycles. The van der Waals surface area contributed by atoms with Crippen molar-refractivity contribution in [3.63, 3.8) is 0 Å². The van der Waals surface area contributed by atoms with E-state index in [1.54, 1.807) is 0 Å². The summed E-state index contributed by atoms with van der Waals surface area (Å²) < 4.78 is 0. The fourth-order valence-corrected chi connectivity index (χ4v) is 5.78. The number of nitrogens with two attached hydrogens (primary N) is 2. The number of benzene rings is 2. The average Bonchev–Trinajstić information content (AvgIpc) is 3.01. The standard InChI is InChI=1S/C41H54N6/c1-26-20-38(28(3)18-34(26)42)46-40-24-30(5)36(22-32(40)7)44-16-14-12-10-9-11-13-15-17-45-37-23-33(8)41(25-31(37)6)47-39-21-27(2)35(43)19-29(39)4/h18-25,44-45H,3-4,9-17,42-43H2,1-2,5-8H3. The van der Waals surface area contributed by atoms with Gasteiger partial charge in [-0.25, -0.2) is 9.98 Å². The van der Waals surface area contributed by atoms with Crippen LogP contribution in [-0.2, 0) is 0 Å². The zero-order valence-corrected chi connectivity index (χ0v) is 29.4. The van der Waals surface area contributed by atoms with E-state index in [0.29, 0.717) is 0 Å². The molecule has 0 aliphatic heterocycles. The third kappa shape index (κ3) is 9.71. The molecule has 0 fully saturated rings. The molecule has 0 heterocycles. The smallest absolute Gasteiger partial charge is 0.0707 e. The molecular formula is C41H54N6. The molecule has 2 aromatic rings. The van der Waals surface area contributed by atoms with Crippen LogP contribution >= 0.6 is 0 Å². The number of unbranched alkanes of at least 4 members (excludes halogenated alkanes) is 6. The molecule has 0 spiro atoms. The molecule has 2 aliphatic carbocycles. The number of rotatable bonds is 14. The zero-order chi connectivity index (χ0) is 34.1. The lowest BCUT2D eigenvalue weighted by atomic mass is 9.99. The molecule has 2 aliphatic rings. The normalized spacial score (nSPS) is 16.6. The Kier molecular flexibility index (Phi) is 12.2. The molecule has 6 N–H and O–H groups in total. The molecule has 0 atom stereocenters. The van der Waals surface area contributed by atoms with Gasteiger partial charge in [0.2, 0.25) is 0 Å². The van der Waals surface area contributed by atoms with E-state index in [4.69, 9.17) is 21.5 Å². The predicted molar refractivity (Wildman–Crippen MR) is 206 cm³/mol. The number of nitrogens with zero attached hydrogens (tertiary/aromatic N) is 2. The molecule has 0 saturated carbocycles. The first kappa shape index (κ1) is 35.3. The molecule has 248 valence electrons. The molecule has 0 radical (unpaired) electrons. The van der Waals surface area contributed by atoms with Gasteiger partial charge in [0.15, 0.2) is 0 Å². The first-order valence-corrected chi connectivity index (χ1v) is 17.0. The largest absolute Gasteiger partial charge is 0.398 e. The van der Waals surface area contributed by atoms with Gasteiger partial charge in [-0.1, -0.05) is 45.3 Å². The molecule has 6 nitrogen and oxygen atoms in total. The van der Waals surface area contributed by atoms with Crippen LogP contribution in [0, 0.1) is 27.7 Å². The Balaban J connectivity index is 1.11. The maximum Gasteiger partial charge on any atom is 0.0707 e. The van der Waals surface area contributed by atoms with Crippen molar-refractivity contribution in [2.24, 2.45) is 21.5 Å². The minimum absolute atomic E-state index is 0.755. The van der Waals surface area contributed by atoms with Crippen molar-refractivity contribution >= 4 is 34.2 Å². The van der Waals surface area contributed by atoms with Crippen molar-refractivity contribution in [1.82, 2.24) is 0 Å². The molecule has 0 amide bonds. The Bertz CT molecular complexity index is 1580. The lowest BCUT2D eigenvalue weighted by molar-refractivity contribution is 0.591. The van der Waals surface area contributed by atoms with Gasteiger partial charge in [-0.15, -0.1) is 0 Å². The van der Waals surface area contributed by atoms with E-state index < -0.39 is 0 Å². The number of aliphatic imine (C=N–C) groups is 2. The summed E-state index contributed by atoms with van der Waals surface area (Å²) in [5, 5.41) is 7.29. The van der Waals surface area contributed by atoms with Crippen molar-refractivity contribution in [2.75, 3.05) is 23.7 Å². The molecule has 2 aromatic carbocycles. The maximum atomic E-state index is 6.02. The van der Waals surface area contributed by atoms with Crippen molar-refractivity contribution < 1.29 is 0 Å². The van der Waals surface area contributed by atoms with Crippen LogP contribution in [0.4, 0.5) is 22.7 Å². The van der Waals surface area contributed by atoms with Gasteiger partial charge in [-0.2, -0.15) is 0 Å². The highest BCUT2D eigenvalue weighted by Gasteiger charge is 2.13. The topological polar surface area (TPSA) is 101 Å². The van der Waals surface area contributed by atoms with Crippen LogP contribution in [-0.4, -0.2) is 24.5 Å². The van der Waals surface area contributed by atoms with Crippen LogP contribution in [0.2, 0.25) is 0 Å². The maximum absolute atomic E-state index is 6.02. The summed E-state index contributed by atoms with van der Waals surface area (Å²) in [5.41, 5.74) is 28.1. The summed E-state index contributed by atoms with van der Waals surface area (Å²) in [4.78, 5) is 9.78. The van der Waals surface area contributed by atoms with E-state index in [2.05, 4.69) is 75.8 Å². The highest BCUT2D eigenvalue weighted by atomic mass is 14.9. The van der Waals surface area contributed by atoms with Gasteiger partial charge in [-0.05, 0) is 147 Å². The Morgan fingerprint density at radius 1 is 0.511 bits per heavy atom. The number of nitrogens with one attached hydrogen (secondary N) is 2. The van der Waals surface area contributed by atoms with E-state index in [0.717, 1.165) is 80.7 Å². The summed E-state index contributed by atoms with van der Waals surface area (Å²) in [6, 6.07) is 8.74. The predicted octanol–water partition coefficient (Wildman–Crippen LogP) is 10.0. The molecule has 47 heavy (non-hydrogen) atoms. The molecule has 0 unspecified atom stereocenters. The lowest BCUT2D eigenvalue weighted by Crippen LogP contribution is -2.10. The van der Waals surface area contributed by atoms with Crippen molar-refractivity contribution in [1.29, 1.82) is 0 Å². The number of hydrogen-bond acceptors (Lipinski definition) is 6. The SMILES string of the molecule is C=C1C=C(N)C(C)=CC1=Nc1cc(C)c(NCCCCCCCCCNc2cc(C)c(N=C3C=C(C)C(N)=CC3=C)cc2C)cc1C. The quantitative estimate of drug-likeness (QED) is 0.156. The Morgan fingerprint density at radius 3 is 1.26 bits per heavy atom.